The molecule has 122 valence electrons. The molecule has 3 heterocycles. The molecule has 2 N–H and O–H groups in total. The Morgan fingerprint density at radius 3 is 2.19 bits per heavy atom. The third-order valence-electron chi connectivity index (χ3n) is 5.93. The molecule has 1 unspecified atom stereocenters. The first-order chi connectivity index (χ1) is 10.4. The highest BCUT2D eigenvalue weighted by atomic mass is 16.5. The molecule has 3 fully saturated rings. The molecule has 0 spiro atoms. The quantitative estimate of drug-likeness (QED) is 0.857. The SMILES string of the molecule is NCC(C1CCOCC1)N1CCC(N2CCCCC2)CC1. The molecule has 0 radical (unpaired) electrons. The second-order valence-electron chi connectivity index (χ2n) is 7.12. The molecule has 4 heteroatoms. The van der Waals surface area contributed by atoms with E-state index in [1.807, 2.05) is 0 Å². The standard InChI is InChI=1S/C17H33N3O/c18-14-17(15-6-12-21-13-7-15)20-10-4-16(5-11-20)19-8-2-1-3-9-19/h15-17H,1-14,18H2. The van der Waals surface area contributed by atoms with Gasteiger partial charge in [-0.05, 0) is 70.6 Å². The van der Waals surface area contributed by atoms with Crippen LogP contribution in [0.1, 0.15) is 44.9 Å². The molecule has 3 rings (SSSR count). The molecule has 0 amide bonds. The minimum absolute atomic E-state index is 0.594. The highest BCUT2D eigenvalue weighted by molar-refractivity contribution is 4.88. The zero-order valence-electron chi connectivity index (χ0n) is 13.5. The van der Waals surface area contributed by atoms with Gasteiger partial charge in [-0.2, -0.15) is 0 Å². The zero-order chi connectivity index (χ0) is 14.5. The number of piperidine rings is 2. The lowest BCUT2D eigenvalue weighted by Crippen LogP contribution is -2.53. The highest BCUT2D eigenvalue weighted by Gasteiger charge is 2.32. The van der Waals surface area contributed by atoms with E-state index >= 15 is 0 Å². The molecule has 0 aromatic heterocycles. The summed E-state index contributed by atoms with van der Waals surface area (Å²) in [5, 5.41) is 0. The third kappa shape index (κ3) is 3.98. The number of ether oxygens (including phenoxy) is 1. The van der Waals surface area contributed by atoms with Crippen molar-refractivity contribution in [1.82, 2.24) is 9.80 Å². The monoisotopic (exact) mass is 295 g/mol. The molecule has 21 heavy (non-hydrogen) atoms. The van der Waals surface area contributed by atoms with Crippen LogP contribution in [0.25, 0.3) is 0 Å². The number of hydrogen-bond donors (Lipinski definition) is 1. The number of nitrogens with two attached hydrogens (primary N) is 1. The fraction of sp³-hybridized carbons (Fsp3) is 1.00. The summed E-state index contributed by atoms with van der Waals surface area (Å²) in [4.78, 5) is 5.45. The number of hydrogen-bond acceptors (Lipinski definition) is 4. The van der Waals surface area contributed by atoms with Crippen molar-refractivity contribution in [2.75, 3.05) is 45.9 Å². The molecule has 0 saturated carbocycles. The molecule has 0 bridgehead atoms. The lowest BCUT2D eigenvalue weighted by Gasteiger charge is -2.45. The van der Waals surface area contributed by atoms with Gasteiger partial charge in [-0.1, -0.05) is 6.42 Å². The lowest BCUT2D eigenvalue weighted by atomic mass is 9.88. The maximum Gasteiger partial charge on any atom is 0.0469 e. The number of likely N-dealkylation sites (tertiary alicyclic amines) is 2. The minimum Gasteiger partial charge on any atom is -0.381 e. The van der Waals surface area contributed by atoms with Gasteiger partial charge in [0.25, 0.3) is 0 Å². The van der Waals surface area contributed by atoms with Gasteiger partial charge in [0.15, 0.2) is 0 Å². The molecular weight excluding hydrogens is 262 g/mol. The van der Waals surface area contributed by atoms with Crippen molar-refractivity contribution in [3.8, 4) is 0 Å². The fourth-order valence-electron chi connectivity index (χ4n) is 4.61. The van der Waals surface area contributed by atoms with Crippen LogP contribution in [-0.4, -0.2) is 67.8 Å². The first kappa shape index (κ1) is 15.7. The van der Waals surface area contributed by atoms with Gasteiger partial charge in [0.05, 0.1) is 0 Å². The molecule has 0 aromatic rings. The Morgan fingerprint density at radius 1 is 0.905 bits per heavy atom. The summed E-state index contributed by atoms with van der Waals surface area (Å²) in [5.74, 6) is 0.760. The van der Waals surface area contributed by atoms with E-state index in [0.717, 1.165) is 31.7 Å². The Hall–Kier alpha value is -0.160. The van der Waals surface area contributed by atoms with E-state index in [-0.39, 0.29) is 0 Å². The topological polar surface area (TPSA) is 41.7 Å². The Balaban J connectivity index is 1.49. The van der Waals surface area contributed by atoms with Crippen LogP contribution in [0.15, 0.2) is 0 Å². The second kappa shape index (κ2) is 7.91. The van der Waals surface area contributed by atoms with Gasteiger partial charge >= 0.3 is 0 Å². The van der Waals surface area contributed by atoms with Gasteiger partial charge in [-0.25, -0.2) is 0 Å². The summed E-state index contributed by atoms with van der Waals surface area (Å²) in [6.45, 7) is 7.87. The lowest BCUT2D eigenvalue weighted by molar-refractivity contribution is 0.00993. The molecule has 0 aliphatic carbocycles. The van der Waals surface area contributed by atoms with Crippen molar-refractivity contribution in [3.05, 3.63) is 0 Å². The summed E-state index contributed by atoms with van der Waals surface area (Å²) < 4.78 is 5.51. The third-order valence-corrected chi connectivity index (χ3v) is 5.93. The summed E-state index contributed by atoms with van der Waals surface area (Å²) in [6, 6.07) is 1.44. The van der Waals surface area contributed by atoms with Crippen molar-refractivity contribution in [1.29, 1.82) is 0 Å². The van der Waals surface area contributed by atoms with Crippen molar-refractivity contribution in [2.45, 2.75) is 57.0 Å². The van der Waals surface area contributed by atoms with Crippen molar-refractivity contribution < 1.29 is 4.74 Å². The first-order valence-electron chi connectivity index (χ1n) is 9.14. The molecule has 3 saturated heterocycles. The van der Waals surface area contributed by atoms with Gasteiger partial charge in [-0.3, -0.25) is 4.90 Å². The van der Waals surface area contributed by atoms with Crippen LogP contribution in [0.2, 0.25) is 0 Å². The van der Waals surface area contributed by atoms with Crippen LogP contribution in [0.5, 0.6) is 0 Å². The fourth-order valence-corrected chi connectivity index (χ4v) is 4.61. The molecule has 3 aliphatic heterocycles. The summed E-state index contributed by atoms with van der Waals surface area (Å²) in [7, 11) is 0. The largest absolute Gasteiger partial charge is 0.381 e. The van der Waals surface area contributed by atoms with E-state index in [4.69, 9.17) is 10.5 Å². The number of nitrogens with zero attached hydrogens (tertiary/aromatic N) is 2. The van der Waals surface area contributed by atoms with Crippen LogP contribution >= 0.6 is 0 Å². The maximum absolute atomic E-state index is 6.12. The molecular formula is C17H33N3O. The van der Waals surface area contributed by atoms with Gasteiger partial charge < -0.3 is 15.4 Å². The molecule has 1 atom stereocenters. The summed E-state index contributed by atoms with van der Waals surface area (Å²) in [6.07, 6.45) is 9.36. The Kier molecular flexibility index (Phi) is 5.92. The van der Waals surface area contributed by atoms with Crippen molar-refractivity contribution in [3.63, 3.8) is 0 Å². The normalized spacial score (nSPS) is 29.6. The van der Waals surface area contributed by atoms with E-state index in [9.17, 15) is 0 Å². The van der Waals surface area contributed by atoms with E-state index in [2.05, 4.69) is 9.80 Å². The van der Waals surface area contributed by atoms with Gasteiger partial charge in [0.2, 0.25) is 0 Å². The molecule has 3 aliphatic rings. The summed E-state index contributed by atoms with van der Waals surface area (Å²) in [5.41, 5.74) is 6.12. The van der Waals surface area contributed by atoms with Crippen molar-refractivity contribution in [2.24, 2.45) is 11.7 Å². The Morgan fingerprint density at radius 2 is 1.57 bits per heavy atom. The van der Waals surface area contributed by atoms with Crippen LogP contribution in [0, 0.1) is 5.92 Å². The van der Waals surface area contributed by atoms with Crippen LogP contribution in [0.4, 0.5) is 0 Å². The molecule has 4 nitrogen and oxygen atoms in total. The van der Waals surface area contributed by atoms with Gasteiger partial charge in [0, 0.05) is 31.8 Å². The van der Waals surface area contributed by atoms with E-state index < -0.39 is 0 Å². The smallest absolute Gasteiger partial charge is 0.0469 e. The average molecular weight is 295 g/mol. The Labute approximate surface area is 130 Å². The minimum atomic E-state index is 0.594. The predicted octanol–water partition coefficient (Wildman–Crippen LogP) is 1.69. The van der Waals surface area contributed by atoms with Crippen LogP contribution < -0.4 is 5.73 Å². The maximum atomic E-state index is 6.12. The van der Waals surface area contributed by atoms with E-state index in [1.165, 1.54) is 71.1 Å². The second-order valence-corrected chi connectivity index (χ2v) is 7.12. The van der Waals surface area contributed by atoms with E-state index in [1.54, 1.807) is 0 Å². The molecule has 0 aromatic carbocycles. The highest BCUT2D eigenvalue weighted by Crippen LogP contribution is 2.27. The van der Waals surface area contributed by atoms with Crippen molar-refractivity contribution >= 4 is 0 Å². The van der Waals surface area contributed by atoms with Crippen LogP contribution in [0.3, 0.4) is 0 Å². The average Bonchev–Trinajstić information content (AvgIpc) is 2.58. The predicted molar refractivity (Wildman–Crippen MR) is 86.4 cm³/mol. The first-order valence-corrected chi connectivity index (χ1v) is 9.14. The van der Waals surface area contributed by atoms with Gasteiger partial charge in [-0.15, -0.1) is 0 Å². The number of rotatable bonds is 4. The Bertz CT molecular complexity index is 292. The van der Waals surface area contributed by atoms with Gasteiger partial charge in [0.1, 0.15) is 0 Å². The summed E-state index contributed by atoms with van der Waals surface area (Å²) >= 11 is 0. The van der Waals surface area contributed by atoms with E-state index in [0.29, 0.717) is 6.04 Å². The zero-order valence-corrected chi connectivity index (χ0v) is 13.5. The van der Waals surface area contributed by atoms with Crippen LogP contribution in [-0.2, 0) is 4.74 Å².